The van der Waals surface area contributed by atoms with Crippen molar-refractivity contribution in [1.82, 2.24) is 0 Å². The SMILES string of the molecule is C/C(=C/CN)CF. The van der Waals surface area contributed by atoms with E-state index in [4.69, 9.17) is 5.73 Å². The molecule has 0 rings (SSSR count). The second kappa shape index (κ2) is 3.81. The van der Waals surface area contributed by atoms with Crippen LogP contribution in [0.1, 0.15) is 6.92 Å². The predicted octanol–water partition coefficient (Wildman–Crippen LogP) is 0.861. The van der Waals surface area contributed by atoms with Crippen LogP contribution >= 0.6 is 0 Å². The largest absolute Gasteiger partial charge is 0.327 e. The Kier molecular flexibility index (Phi) is 3.61. The number of nitrogens with two attached hydrogens (primary N) is 1. The van der Waals surface area contributed by atoms with Gasteiger partial charge in [0.25, 0.3) is 0 Å². The third kappa shape index (κ3) is 3.46. The maximum absolute atomic E-state index is 11.4. The van der Waals surface area contributed by atoms with Gasteiger partial charge in [-0.2, -0.15) is 0 Å². The number of rotatable bonds is 2. The molecule has 0 aromatic heterocycles. The first-order valence-electron chi connectivity index (χ1n) is 2.23. The Labute approximate surface area is 43.0 Å². The summed E-state index contributed by atoms with van der Waals surface area (Å²) in [4.78, 5) is 0. The fourth-order valence-corrected chi connectivity index (χ4v) is 0.256. The third-order valence-corrected chi connectivity index (χ3v) is 0.677. The fraction of sp³-hybridized carbons (Fsp3) is 0.600. The van der Waals surface area contributed by atoms with E-state index in [0.29, 0.717) is 12.1 Å². The molecule has 0 unspecified atom stereocenters. The van der Waals surface area contributed by atoms with Gasteiger partial charge in [-0.05, 0) is 12.5 Å². The Hall–Kier alpha value is -0.370. The second-order valence-electron chi connectivity index (χ2n) is 1.42. The number of hydrogen-bond donors (Lipinski definition) is 1. The molecule has 0 saturated heterocycles. The zero-order valence-corrected chi connectivity index (χ0v) is 4.45. The average molecular weight is 103 g/mol. The smallest absolute Gasteiger partial charge is 0.110 e. The van der Waals surface area contributed by atoms with Crippen LogP contribution in [0, 0.1) is 0 Å². The van der Waals surface area contributed by atoms with E-state index in [1.54, 1.807) is 13.0 Å². The number of alkyl halides is 1. The van der Waals surface area contributed by atoms with Crippen molar-refractivity contribution in [2.24, 2.45) is 5.73 Å². The lowest BCUT2D eigenvalue weighted by Gasteiger charge is -1.86. The molecule has 0 aromatic carbocycles. The number of hydrogen-bond acceptors (Lipinski definition) is 1. The van der Waals surface area contributed by atoms with Crippen molar-refractivity contribution in [3.8, 4) is 0 Å². The molecular formula is C5H10FN. The van der Waals surface area contributed by atoms with Crippen LogP contribution in [-0.4, -0.2) is 13.2 Å². The van der Waals surface area contributed by atoms with Crippen LogP contribution in [0.4, 0.5) is 4.39 Å². The predicted molar refractivity (Wildman–Crippen MR) is 28.8 cm³/mol. The minimum absolute atomic E-state index is 0.378. The van der Waals surface area contributed by atoms with Gasteiger partial charge in [-0.1, -0.05) is 6.08 Å². The van der Waals surface area contributed by atoms with Crippen LogP contribution in [-0.2, 0) is 0 Å². The van der Waals surface area contributed by atoms with E-state index in [0.717, 1.165) is 0 Å². The molecule has 0 aliphatic heterocycles. The summed E-state index contributed by atoms with van der Waals surface area (Å²) in [6.45, 7) is 1.78. The summed E-state index contributed by atoms with van der Waals surface area (Å²) < 4.78 is 11.4. The molecule has 0 radical (unpaired) electrons. The molecule has 0 spiro atoms. The van der Waals surface area contributed by atoms with E-state index in [1.165, 1.54) is 0 Å². The second-order valence-corrected chi connectivity index (χ2v) is 1.42. The molecule has 0 heterocycles. The maximum Gasteiger partial charge on any atom is 0.110 e. The molecule has 42 valence electrons. The Morgan fingerprint density at radius 2 is 2.43 bits per heavy atom. The molecule has 2 N–H and O–H groups in total. The lowest BCUT2D eigenvalue weighted by molar-refractivity contribution is 0.542. The minimum atomic E-state index is -0.378. The molecular weight excluding hydrogens is 93.1 g/mol. The zero-order chi connectivity index (χ0) is 5.70. The van der Waals surface area contributed by atoms with Crippen LogP contribution in [0.3, 0.4) is 0 Å². The molecule has 0 fully saturated rings. The van der Waals surface area contributed by atoms with E-state index < -0.39 is 0 Å². The van der Waals surface area contributed by atoms with Gasteiger partial charge in [0.2, 0.25) is 0 Å². The summed E-state index contributed by atoms with van der Waals surface area (Å²) in [5.41, 5.74) is 5.77. The highest BCUT2D eigenvalue weighted by molar-refractivity contribution is 4.97. The molecule has 2 heteroatoms. The standard InChI is InChI=1S/C5H10FN/c1-5(4-6)2-3-7/h2H,3-4,7H2,1H3/b5-2-. The Morgan fingerprint density at radius 1 is 1.86 bits per heavy atom. The van der Waals surface area contributed by atoms with Gasteiger partial charge < -0.3 is 5.73 Å². The zero-order valence-electron chi connectivity index (χ0n) is 4.45. The molecule has 0 aliphatic carbocycles. The Bertz CT molecular complexity index is 68.5. The van der Waals surface area contributed by atoms with Gasteiger partial charge in [0.15, 0.2) is 0 Å². The van der Waals surface area contributed by atoms with Gasteiger partial charge in [0.05, 0.1) is 0 Å². The monoisotopic (exact) mass is 103 g/mol. The first kappa shape index (κ1) is 6.63. The lowest BCUT2D eigenvalue weighted by atomic mass is 10.3. The summed E-state index contributed by atoms with van der Waals surface area (Å²) in [5.74, 6) is 0. The van der Waals surface area contributed by atoms with E-state index >= 15 is 0 Å². The van der Waals surface area contributed by atoms with Crippen molar-refractivity contribution in [2.45, 2.75) is 6.92 Å². The molecule has 7 heavy (non-hydrogen) atoms. The van der Waals surface area contributed by atoms with E-state index in [-0.39, 0.29) is 6.67 Å². The van der Waals surface area contributed by atoms with Crippen molar-refractivity contribution in [3.63, 3.8) is 0 Å². The normalized spacial score (nSPS) is 12.1. The van der Waals surface area contributed by atoms with Crippen molar-refractivity contribution < 1.29 is 4.39 Å². The topological polar surface area (TPSA) is 26.0 Å². The molecule has 0 atom stereocenters. The quantitative estimate of drug-likeness (QED) is 0.515. The lowest BCUT2D eigenvalue weighted by Crippen LogP contribution is -1.94. The van der Waals surface area contributed by atoms with E-state index in [9.17, 15) is 4.39 Å². The molecule has 0 bridgehead atoms. The highest BCUT2D eigenvalue weighted by atomic mass is 19.1. The van der Waals surface area contributed by atoms with Gasteiger partial charge in [0, 0.05) is 6.54 Å². The van der Waals surface area contributed by atoms with E-state index in [2.05, 4.69) is 0 Å². The first-order chi connectivity index (χ1) is 3.31. The average Bonchev–Trinajstić information content (AvgIpc) is 1.68. The first-order valence-corrected chi connectivity index (χ1v) is 2.23. The molecule has 0 amide bonds. The van der Waals surface area contributed by atoms with Crippen molar-refractivity contribution >= 4 is 0 Å². The van der Waals surface area contributed by atoms with Gasteiger partial charge in [-0.25, -0.2) is 4.39 Å². The Morgan fingerprint density at radius 3 is 2.57 bits per heavy atom. The molecule has 1 nitrogen and oxygen atoms in total. The summed E-state index contributed by atoms with van der Waals surface area (Å²) in [7, 11) is 0. The highest BCUT2D eigenvalue weighted by Gasteiger charge is 1.80. The van der Waals surface area contributed by atoms with Crippen molar-refractivity contribution in [3.05, 3.63) is 11.6 Å². The van der Waals surface area contributed by atoms with Gasteiger partial charge in [-0.15, -0.1) is 0 Å². The molecule has 0 saturated carbocycles. The van der Waals surface area contributed by atoms with Crippen molar-refractivity contribution in [1.29, 1.82) is 0 Å². The maximum atomic E-state index is 11.4. The fourth-order valence-electron chi connectivity index (χ4n) is 0.256. The molecule has 0 aliphatic rings. The van der Waals surface area contributed by atoms with Crippen LogP contribution < -0.4 is 5.73 Å². The summed E-state index contributed by atoms with van der Waals surface area (Å²) in [6, 6.07) is 0. The highest BCUT2D eigenvalue weighted by Crippen LogP contribution is 1.88. The summed E-state index contributed by atoms with van der Waals surface area (Å²) in [5, 5.41) is 0. The van der Waals surface area contributed by atoms with Crippen LogP contribution in [0.15, 0.2) is 11.6 Å². The third-order valence-electron chi connectivity index (χ3n) is 0.677. The van der Waals surface area contributed by atoms with Crippen LogP contribution in [0.5, 0.6) is 0 Å². The van der Waals surface area contributed by atoms with E-state index in [1.807, 2.05) is 0 Å². The summed E-state index contributed by atoms with van der Waals surface area (Å²) >= 11 is 0. The van der Waals surface area contributed by atoms with Gasteiger partial charge in [-0.3, -0.25) is 0 Å². The number of allylic oxidation sites excluding steroid dienone is 1. The Balaban J connectivity index is 3.29. The molecule has 0 aromatic rings. The number of halogens is 1. The summed E-state index contributed by atoms with van der Waals surface area (Å²) in [6.07, 6.45) is 1.67. The van der Waals surface area contributed by atoms with Crippen molar-refractivity contribution in [2.75, 3.05) is 13.2 Å². The minimum Gasteiger partial charge on any atom is -0.327 e. The van der Waals surface area contributed by atoms with Crippen LogP contribution in [0.2, 0.25) is 0 Å². The van der Waals surface area contributed by atoms with Gasteiger partial charge >= 0.3 is 0 Å². The van der Waals surface area contributed by atoms with Gasteiger partial charge in [0.1, 0.15) is 6.67 Å². The van der Waals surface area contributed by atoms with Crippen LogP contribution in [0.25, 0.3) is 0 Å².